The Bertz CT molecular complexity index is 1300. The summed E-state index contributed by atoms with van der Waals surface area (Å²) in [5, 5.41) is 7.39. The number of thioether (sulfide) groups is 1. The molecule has 0 radical (unpaired) electrons. The van der Waals surface area contributed by atoms with E-state index in [-0.39, 0.29) is 11.5 Å². The molecule has 0 saturated carbocycles. The number of amides is 1. The van der Waals surface area contributed by atoms with Crippen LogP contribution in [-0.2, 0) is 4.79 Å². The Labute approximate surface area is 182 Å². The van der Waals surface area contributed by atoms with E-state index in [1.165, 1.54) is 6.20 Å². The number of ether oxygens (including phenoxy) is 1. The van der Waals surface area contributed by atoms with Crippen molar-refractivity contribution in [3.8, 4) is 11.4 Å². The number of nitrogens with zero attached hydrogens (tertiary/aromatic N) is 3. The van der Waals surface area contributed by atoms with Crippen LogP contribution in [-0.4, -0.2) is 38.0 Å². The number of rotatable bonds is 6. The summed E-state index contributed by atoms with van der Waals surface area (Å²) in [5.41, 5.74) is 2.53. The molecule has 158 valence electrons. The van der Waals surface area contributed by atoms with Gasteiger partial charge in [-0.25, -0.2) is 9.67 Å². The normalized spacial score (nSPS) is 12.0. The molecule has 0 aliphatic heterocycles. The molecular formula is C22H21N5O3S. The molecule has 0 aliphatic rings. The van der Waals surface area contributed by atoms with E-state index in [0.29, 0.717) is 27.6 Å². The number of aromatic nitrogens is 4. The molecule has 4 aromatic rings. The molecule has 4 rings (SSSR count). The summed E-state index contributed by atoms with van der Waals surface area (Å²) in [5.74, 6) is 0.351. The van der Waals surface area contributed by atoms with E-state index in [4.69, 9.17) is 4.74 Å². The Balaban J connectivity index is 1.59. The van der Waals surface area contributed by atoms with Crippen LogP contribution in [0.2, 0.25) is 0 Å². The second-order valence-corrected chi connectivity index (χ2v) is 8.28. The fourth-order valence-corrected chi connectivity index (χ4v) is 3.88. The van der Waals surface area contributed by atoms with Crippen molar-refractivity contribution in [2.75, 3.05) is 12.4 Å². The summed E-state index contributed by atoms with van der Waals surface area (Å²) in [6.07, 6.45) is 1.49. The number of carbonyl (C=O) groups is 1. The van der Waals surface area contributed by atoms with E-state index in [0.717, 1.165) is 23.0 Å². The number of aromatic amines is 1. The molecule has 31 heavy (non-hydrogen) atoms. The first-order valence-electron chi connectivity index (χ1n) is 9.62. The molecule has 8 nitrogen and oxygen atoms in total. The minimum absolute atomic E-state index is 0.229. The number of hydrogen-bond donors (Lipinski definition) is 2. The first kappa shape index (κ1) is 20.7. The van der Waals surface area contributed by atoms with E-state index < -0.39 is 5.25 Å². The van der Waals surface area contributed by atoms with Gasteiger partial charge in [0.2, 0.25) is 5.91 Å². The van der Waals surface area contributed by atoms with Crippen molar-refractivity contribution < 1.29 is 9.53 Å². The number of H-pyrrole nitrogens is 1. The summed E-state index contributed by atoms with van der Waals surface area (Å²) in [6, 6.07) is 15.0. The van der Waals surface area contributed by atoms with Gasteiger partial charge in [-0.15, -0.1) is 0 Å². The minimum Gasteiger partial charge on any atom is -0.495 e. The molecule has 2 N–H and O–H groups in total. The fraction of sp³-hybridized carbons (Fsp3) is 0.182. The van der Waals surface area contributed by atoms with E-state index in [9.17, 15) is 9.59 Å². The number of benzene rings is 2. The van der Waals surface area contributed by atoms with Gasteiger partial charge in [0.05, 0.1) is 29.9 Å². The average Bonchev–Trinajstić information content (AvgIpc) is 3.19. The molecule has 0 bridgehead atoms. The van der Waals surface area contributed by atoms with Crippen molar-refractivity contribution >= 4 is 34.4 Å². The minimum atomic E-state index is -0.515. The average molecular weight is 436 g/mol. The van der Waals surface area contributed by atoms with Gasteiger partial charge in [-0.1, -0.05) is 36.0 Å². The van der Waals surface area contributed by atoms with Crippen molar-refractivity contribution in [2.45, 2.75) is 24.3 Å². The van der Waals surface area contributed by atoms with Crippen LogP contribution >= 0.6 is 11.8 Å². The van der Waals surface area contributed by atoms with E-state index in [1.54, 1.807) is 24.8 Å². The zero-order chi connectivity index (χ0) is 22.0. The van der Waals surface area contributed by atoms with Gasteiger partial charge in [-0.2, -0.15) is 5.10 Å². The smallest absolute Gasteiger partial charge is 0.262 e. The molecular weight excluding hydrogens is 414 g/mol. The zero-order valence-corrected chi connectivity index (χ0v) is 18.1. The quantitative estimate of drug-likeness (QED) is 0.355. The van der Waals surface area contributed by atoms with Crippen LogP contribution in [0.4, 0.5) is 5.69 Å². The molecule has 9 heteroatoms. The van der Waals surface area contributed by atoms with Gasteiger partial charge in [-0.05, 0) is 43.7 Å². The van der Waals surface area contributed by atoms with Crippen LogP contribution < -0.4 is 15.6 Å². The van der Waals surface area contributed by atoms with Crippen molar-refractivity contribution in [3.05, 3.63) is 70.6 Å². The first-order valence-corrected chi connectivity index (χ1v) is 10.5. The van der Waals surface area contributed by atoms with Crippen LogP contribution in [0.1, 0.15) is 12.5 Å². The number of hydrogen-bond acceptors (Lipinski definition) is 6. The lowest BCUT2D eigenvalue weighted by atomic mass is 10.2. The summed E-state index contributed by atoms with van der Waals surface area (Å²) >= 11 is 1.16. The van der Waals surface area contributed by atoms with Crippen LogP contribution in [0, 0.1) is 6.92 Å². The maximum absolute atomic E-state index is 12.8. The Hall–Kier alpha value is -3.59. The zero-order valence-electron chi connectivity index (χ0n) is 17.2. The number of carbonyl (C=O) groups excluding carboxylic acids is 1. The molecule has 0 fully saturated rings. The van der Waals surface area contributed by atoms with Crippen LogP contribution in [0.3, 0.4) is 0 Å². The highest BCUT2D eigenvalue weighted by Crippen LogP contribution is 2.27. The van der Waals surface area contributed by atoms with Gasteiger partial charge < -0.3 is 15.0 Å². The van der Waals surface area contributed by atoms with Crippen molar-refractivity contribution in [1.82, 2.24) is 19.7 Å². The molecule has 0 saturated heterocycles. The molecule has 2 heterocycles. The maximum Gasteiger partial charge on any atom is 0.262 e. The van der Waals surface area contributed by atoms with Gasteiger partial charge in [-0.3, -0.25) is 9.59 Å². The SMILES string of the molecule is COc1ccc(C)cc1NC(=O)[C@H](C)Sc1nc2c(cnn2-c2ccccc2)c(=O)[nH]1. The topological polar surface area (TPSA) is 102 Å². The Morgan fingerprint density at radius 1 is 1.23 bits per heavy atom. The highest BCUT2D eigenvalue weighted by atomic mass is 32.2. The number of methoxy groups -OCH3 is 1. The van der Waals surface area contributed by atoms with Crippen LogP contribution in [0.5, 0.6) is 5.75 Å². The lowest BCUT2D eigenvalue weighted by molar-refractivity contribution is -0.115. The van der Waals surface area contributed by atoms with Crippen LogP contribution in [0.25, 0.3) is 16.7 Å². The molecule has 1 amide bonds. The number of anilines is 1. The van der Waals surface area contributed by atoms with Gasteiger partial charge in [0.1, 0.15) is 11.1 Å². The third kappa shape index (κ3) is 4.31. The predicted molar refractivity (Wildman–Crippen MR) is 121 cm³/mol. The lowest BCUT2D eigenvalue weighted by Crippen LogP contribution is -2.23. The van der Waals surface area contributed by atoms with Crippen molar-refractivity contribution in [2.24, 2.45) is 0 Å². The van der Waals surface area contributed by atoms with Crippen molar-refractivity contribution in [1.29, 1.82) is 0 Å². The predicted octanol–water partition coefficient (Wildman–Crippen LogP) is 3.55. The molecule has 1 atom stereocenters. The molecule has 0 aliphatic carbocycles. The Morgan fingerprint density at radius 2 is 2.00 bits per heavy atom. The fourth-order valence-electron chi connectivity index (χ4n) is 3.09. The second-order valence-electron chi connectivity index (χ2n) is 6.95. The summed E-state index contributed by atoms with van der Waals surface area (Å²) < 4.78 is 6.93. The molecule has 2 aromatic heterocycles. The molecule has 0 spiro atoms. The standard InChI is InChI=1S/C22H21N5O3S/c1-13-9-10-18(30-3)17(11-13)24-20(28)14(2)31-22-25-19-16(21(29)26-22)12-23-27(19)15-7-5-4-6-8-15/h4-12,14H,1-3H3,(H,24,28)(H,25,26,29)/t14-/m0/s1. The van der Waals surface area contributed by atoms with Gasteiger partial charge in [0.25, 0.3) is 5.56 Å². The van der Waals surface area contributed by atoms with E-state index in [1.807, 2.05) is 49.4 Å². The highest BCUT2D eigenvalue weighted by Gasteiger charge is 2.19. The van der Waals surface area contributed by atoms with Crippen molar-refractivity contribution in [3.63, 3.8) is 0 Å². The largest absolute Gasteiger partial charge is 0.495 e. The highest BCUT2D eigenvalue weighted by molar-refractivity contribution is 8.00. The molecule has 2 aromatic carbocycles. The summed E-state index contributed by atoms with van der Waals surface area (Å²) in [6.45, 7) is 3.69. The first-order chi connectivity index (χ1) is 15.0. The number of para-hydroxylation sites is 1. The van der Waals surface area contributed by atoms with Crippen LogP contribution in [0.15, 0.2) is 64.7 Å². The number of nitrogens with one attached hydrogen (secondary N) is 2. The lowest BCUT2D eigenvalue weighted by Gasteiger charge is -2.14. The maximum atomic E-state index is 12.8. The van der Waals surface area contributed by atoms with Gasteiger partial charge in [0.15, 0.2) is 10.8 Å². The summed E-state index contributed by atoms with van der Waals surface area (Å²) in [4.78, 5) is 32.6. The van der Waals surface area contributed by atoms with E-state index >= 15 is 0 Å². The monoisotopic (exact) mass is 435 g/mol. The third-order valence-corrected chi connectivity index (χ3v) is 5.67. The van der Waals surface area contributed by atoms with Gasteiger partial charge in [0, 0.05) is 0 Å². The third-order valence-electron chi connectivity index (χ3n) is 4.69. The summed E-state index contributed by atoms with van der Waals surface area (Å²) in [7, 11) is 1.55. The Kier molecular flexibility index (Phi) is 5.77. The molecule has 0 unspecified atom stereocenters. The number of aryl methyl sites for hydroxylation is 1. The van der Waals surface area contributed by atoms with E-state index in [2.05, 4.69) is 20.4 Å². The Morgan fingerprint density at radius 3 is 2.74 bits per heavy atom. The van der Waals surface area contributed by atoms with Gasteiger partial charge >= 0.3 is 0 Å². The second kappa shape index (κ2) is 8.65. The number of fused-ring (bicyclic) bond motifs is 1.